The summed E-state index contributed by atoms with van der Waals surface area (Å²) < 4.78 is 4.79. The van der Waals surface area contributed by atoms with Crippen LogP contribution in [0, 0.1) is 6.92 Å². The molecule has 0 radical (unpaired) electrons. The summed E-state index contributed by atoms with van der Waals surface area (Å²) in [5.74, 6) is -0.492. The Balaban J connectivity index is 2.38. The second kappa shape index (κ2) is 7.49. The van der Waals surface area contributed by atoms with Crippen LogP contribution in [0.1, 0.15) is 30.9 Å². The fourth-order valence-electron chi connectivity index (χ4n) is 2.62. The molecule has 2 N–H and O–H groups in total. The summed E-state index contributed by atoms with van der Waals surface area (Å²) in [5.41, 5.74) is 3.41. The zero-order valence-electron chi connectivity index (χ0n) is 14.5. The van der Waals surface area contributed by atoms with Crippen LogP contribution in [-0.4, -0.2) is 48.7 Å². The minimum absolute atomic E-state index is 0.136. The van der Waals surface area contributed by atoms with E-state index in [0.717, 1.165) is 16.8 Å². The van der Waals surface area contributed by atoms with Crippen molar-refractivity contribution in [3.8, 4) is 0 Å². The molecule has 24 heavy (non-hydrogen) atoms. The Morgan fingerprint density at radius 3 is 2.71 bits per heavy atom. The van der Waals surface area contributed by atoms with Gasteiger partial charge >= 0.3 is 5.97 Å². The van der Waals surface area contributed by atoms with Crippen molar-refractivity contribution in [1.82, 2.24) is 4.90 Å². The average Bonchev–Trinajstić information content (AvgIpc) is 2.85. The number of carbonyl (C=O) groups is 2. The number of ether oxygens (including phenoxy) is 1. The second-order valence-electron chi connectivity index (χ2n) is 6.15. The lowest BCUT2D eigenvalue weighted by atomic mass is 10.0. The molecule has 0 spiro atoms. The zero-order chi connectivity index (χ0) is 17.9. The molecule has 130 valence electrons. The number of hydrogen-bond acceptors (Lipinski definition) is 5. The van der Waals surface area contributed by atoms with Crippen LogP contribution in [0.15, 0.2) is 29.5 Å². The van der Waals surface area contributed by atoms with E-state index in [1.807, 2.05) is 19.1 Å². The van der Waals surface area contributed by atoms with E-state index in [-0.39, 0.29) is 36.9 Å². The minimum atomic E-state index is -0.538. The van der Waals surface area contributed by atoms with Crippen LogP contribution >= 0.6 is 0 Å². The lowest BCUT2D eigenvalue weighted by Crippen LogP contribution is -2.31. The molecule has 2 rings (SSSR count). The van der Waals surface area contributed by atoms with Gasteiger partial charge in [0.05, 0.1) is 25.8 Å². The SMILES string of the molecule is COC(=O)C1=C(Nc2cc(C(C)C)ccc2C)C(=O)N(CCO)C1. The number of nitrogens with one attached hydrogen (secondary N) is 1. The number of esters is 1. The van der Waals surface area contributed by atoms with Crippen molar-refractivity contribution in [3.05, 3.63) is 40.6 Å². The molecule has 1 heterocycles. The Labute approximate surface area is 142 Å². The van der Waals surface area contributed by atoms with Gasteiger partial charge in [-0.15, -0.1) is 0 Å². The highest BCUT2D eigenvalue weighted by atomic mass is 16.5. The van der Waals surface area contributed by atoms with Crippen LogP contribution in [0.2, 0.25) is 0 Å². The Morgan fingerprint density at radius 2 is 2.12 bits per heavy atom. The Bertz CT molecular complexity index is 680. The van der Waals surface area contributed by atoms with Gasteiger partial charge in [0.1, 0.15) is 5.70 Å². The van der Waals surface area contributed by atoms with Crippen LogP contribution in [0.4, 0.5) is 5.69 Å². The number of β-amino-alcohol motifs (C(OH)–C–C–N with tert-alkyl or cyclic N) is 1. The van der Waals surface area contributed by atoms with Crippen molar-refractivity contribution in [1.29, 1.82) is 0 Å². The van der Waals surface area contributed by atoms with E-state index in [0.29, 0.717) is 5.92 Å². The third-order valence-corrected chi connectivity index (χ3v) is 4.14. The Kier molecular flexibility index (Phi) is 5.62. The van der Waals surface area contributed by atoms with E-state index in [9.17, 15) is 9.59 Å². The molecule has 1 aliphatic rings. The lowest BCUT2D eigenvalue weighted by Gasteiger charge is -2.16. The molecule has 0 saturated carbocycles. The standard InChI is InChI=1S/C18H24N2O4/c1-11(2)13-6-5-12(3)15(9-13)19-16-14(18(23)24-4)10-20(7-8-21)17(16)22/h5-6,9,11,19,21H,7-8,10H2,1-4H3. The molecule has 0 bridgehead atoms. The molecule has 0 unspecified atom stereocenters. The van der Waals surface area contributed by atoms with Gasteiger partial charge in [0.2, 0.25) is 0 Å². The normalized spacial score (nSPS) is 14.6. The third-order valence-electron chi connectivity index (χ3n) is 4.14. The smallest absolute Gasteiger partial charge is 0.337 e. The van der Waals surface area contributed by atoms with Crippen molar-refractivity contribution >= 4 is 17.6 Å². The van der Waals surface area contributed by atoms with Gasteiger partial charge in [-0.3, -0.25) is 4.79 Å². The predicted octanol–water partition coefficient (Wildman–Crippen LogP) is 1.79. The summed E-state index contributed by atoms with van der Waals surface area (Å²) in [4.78, 5) is 26.0. The molecular formula is C18H24N2O4. The number of anilines is 1. The number of methoxy groups -OCH3 is 1. The van der Waals surface area contributed by atoms with Gasteiger partial charge in [-0.2, -0.15) is 0 Å². The highest BCUT2D eigenvalue weighted by Gasteiger charge is 2.34. The van der Waals surface area contributed by atoms with Crippen LogP contribution in [0.5, 0.6) is 0 Å². The first kappa shape index (κ1) is 18.0. The number of aryl methyl sites for hydroxylation is 1. The predicted molar refractivity (Wildman–Crippen MR) is 91.6 cm³/mol. The monoisotopic (exact) mass is 332 g/mol. The van der Waals surface area contributed by atoms with E-state index >= 15 is 0 Å². The molecule has 6 nitrogen and oxygen atoms in total. The van der Waals surface area contributed by atoms with Gasteiger partial charge in [0, 0.05) is 12.2 Å². The Hall–Kier alpha value is -2.34. The van der Waals surface area contributed by atoms with Crippen molar-refractivity contribution in [3.63, 3.8) is 0 Å². The second-order valence-corrected chi connectivity index (χ2v) is 6.15. The van der Waals surface area contributed by atoms with Gasteiger partial charge in [-0.1, -0.05) is 26.0 Å². The largest absolute Gasteiger partial charge is 0.466 e. The summed E-state index contributed by atoms with van der Waals surface area (Å²) in [5, 5.41) is 12.2. The van der Waals surface area contributed by atoms with Gasteiger partial charge in [0.15, 0.2) is 0 Å². The van der Waals surface area contributed by atoms with E-state index in [1.54, 1.807) is 0 Å². The molecular weight excluding hydrogens is 308 g/mol. The van der Waals surface area contributed by atoms with E-state index in [4.69, 9.17) is 9.84 Å². The van der Waals surface area contributed by atoms with Gasteiger partial charge in [0.25, 0.3) is 5.91 Å². The quantitative estimate of drug-likeness (QED) is 0.777. The fourth-order valence-corrected chi connectivity index (χ4v) is 2.62. The van der Waals surface area contributed by atoms with E-state index in [1.165, 1.54) is 12.0 Å². The van der Waals surface area contributed by atoms with Crippen molar-refractivity contribution in [2.45, 2.75) is 26.7 Å². The first-order chi connectivity index (χ1) is 11.4. The summed E-state index contributed by atoms with van der Waals surface area (Å²) >= 11 is 0. The fraction of sp³-hybridized carbons (Fsp3) is 0.444. The molecule has 1 amide bonds. The first-order valence-electron chi connectivity index (χ1n) is 7.98. The first-order valence-corrected chi connectivity index (χ1v) is 7.98. The highest BCUT2D eigenvalue weighted by molar-refractivity contribution is 6.08. The van der Waals surface area contributed by atoms with Gasteiger partial charge < -0.3 is 20.1 Å². The molecule has 0 atom stereocenters. The van der Waals surface area contributed by atoms with E-state index in [2.05, 4.69) is 25.2 Å². The maximum absolute atomic E-state index is 12.5. The third kappa shape index (κ3) is 3.59. The molecule has 6 heteroatoms. The molecule has 0 fully saturated rings. The molecule has 1 aromatic carbocycles. The summed E-state index contributed by atoms with van der Waals surface area (Å²) in [6.45, 7) is 6.28. The van der Waals surface area contributed by atoms with Crippen molar-refractivity contribution in [2.75, 3.05) is 32.1 Å². The number of aliphatic hydroxyl groups is 1. The Morgan fingerprint density at radius 1 is 1.42 bits per heavy atom. The van der Waals surface area contributed by atoms with E-state index < -0.39 is 5.97 Å². The van der Waals surface area contributed by atoms with Crippen molar-refractivity contribution < 1.29 is 19.4 Å². The van der Waals surface area contributed by atoms with Crippen LogP contribution in [0.3, 0.4) is 0 Å². The maximum atomic E-state index is 12.5. The van der Waals surface area contributed by atoms with Gasteiger partial charge in [-0.25, -0.2) is 4.79 Å². The topological polar surface area (TPSA) is 78.9 Å². The lowest BCUT2D eigenvalue weighted by molar-refractivity contribution is -0.136. The minimum Gasteiger partial charge on any atom is -0.466 e. The van der Waals surface area contributed by atoms with Crippen LogP contribution in [0.25, 0.3) is 0 Å². The number of hydrogen-bond donors (Lipinski definition) is 2. The molecule has 0 aromatic heterocycles. The number of nitrogens with zero attached hydrogens (tertiary/aromatic N) is 1. The number of amides is 1. The summed E-state index contributed by atoms with van der Waals surface area (Å²) in [7, 11) is 1.29. The number of benzene rings is 1. The van der Waals surface area contributed by atoms with Crippen LogP contribution in [-0.2, 0) is 14.3 Å². The van der Waals surface area contributed by atoms with Crippen LogP contribution < -0.4 is 5.32 Å². The molecule has 0 saturated heterocycles. The summed E-state index contributed by atoms with van der Waals surface area (Å²) in [6.07, 6.45) is 0. The molecule has 1 aliphatic heterocycles. The number of aliphatic hydroxyl groups excluding tert-OH is 1. The molecule has 0 aliphatic carbocycles. The van der Waals surface area contributed by atoms with Crippen molar-refractivity contribution in [2.24, 2.45) is 0 Å². The van der Waals surface area contributed by atoms with Gasteiger partial charge in [-0.05, 0) is 30.0 Å². The maximum Gasteiger partial charge on any atom is 0.337 e. The number of rotatable bonds is 6. The summed E-state index contributed by atoms with van der Waals surface area (Å²) in [6, 6.07) is 6.03. The average molecular weight is 332 g/mol. The highest BCUT2D eigenvalue weighted by Crippen LogP contribution is 2.27. The molecule has 1 aromatic rings. The number of carbonyl (C=O) groups excluding carboxylic acids is 2. The zero-order valence-corrected chi connectivity index (χ0v) is 14.5.